The maximum absolute atomic E-state index is 11.2. The molecule has 1 heterocycles. The van der Waals surface area contributed by atoms with Crippen molar-refractivity contribution in [2.75, 3.05) is 13.8 Å². The number of hydrogen-bond donors (Lipinski definition) is 0. The Morgan fingerprint density at radius 1 is 1.29 bits per heavy atom. The molecular weight excluding hydrogens is 308 g/mol. The normalized spacial score (nSPS) is 14.8. The summed E-state index contributed by atoms with van der Waals surface area (Å²) in [6.07, 6.45) is 0. The fourth-order valence-electron chi connectivity index (χ4n) is 2.90. The average molecular weight is 328 g/mol. The third-order valence-corrected chi connectivity index (χ3v) is 4.35. The van der Waals surface area contributed by atoms with E-state index in [2.05, 4.69) is 24.0 Å². The van der Waals surface area contributed by atoms with Crippen LogP contribution in [0.3, 0.4) is 0 Å². The molecule has 1 atom stereocenters. The molecule has 2 aromatic rings. The standard InChI is InChI=1S/C18H20N2O4/c1-13(14-6-4-3-5-7-14)19(2)10-15-8-17(20(21)22)9-16-11-23-12-24-18(15)16/h3-9,13H,10-12H2,1-2H3. The van der Waals surface area contributed by atoms with E-state index in [-0.39, 0.29) is 23.4 Å². The van der Waals surface area contributed by atoms with Crippen molar-refractivity contribution in [2.24, 2.45) is 0 Å². The van der Waals surface area contributed by atoms with Crippen LogP contribution in [-0.2, 0) is 17.9 Å². The van der Waals surface area contributed by atoms with Gasteiger partial charge in [-0.3, -0.25) is 15.0 Å². The van der Waals surface area contributed by atoms with Crippen LogP contribution in [0, 0.1) is 10.1 Å². The summed E-state index contributed by atoms with van der Waals surface area (Å²) in [5.41, 5.74) is 2.81. The lowest BCUT2D eigenvalue weighted by Crippen LogP contribution is -2.23. The zero-order valence-electron chi connectivity index (χ0n) is 13.8. The second kappa shape index (κ2) is 6.98. The van der Waals surface area contributed by atoms with Crippen LogP contribution in [-0.4, -0.2) is 23.7 Å². The first-order chi connectivity index (χ1) is 11.6. The summed E-state index contributed by atoms with van der Waals surface area (Å²) in [7, 11) is 2.00. The number of nitro benzene ring substituents is 1. The van der Waals surface area contributed by atoms with Crippen molar-refractivity contribution in [1.82, 2.24) is 4.90 Å². The first kappa shape index (κ1) is 16.4. The van der Waals surface area contributed by atoms with Crippen LogP contribution in [0.25, 0.3) is 0 Å². The van der Waals surface area contributed by atoms with Gasteiger partial charge in [-0.15, -0.1) is 0 Å². The Bertz CT molecular complexity index is 733. The first-order valence-electron chi connectivity index (χ1n) is 7.82. The molecule has 6 heteroatoms. The highest BCUT2D eigenvalue weighted by molar-refractivity contribution is 5.50. The van der Waals surface area contributed by atoms with Crippen molar-refractivity contribution in [2.45, 2.75) is 26.1 Å². The maximum Gasteiger partial charge on any atom is 0.270 e. The van der Waals surface area contributed by atoms with Crippen LogP contribution >= 0.6 is 0 Å². The minimum atomic E-state index is -0.376. The molecule has 6 nitrogen and oxygen atoms in total. The van der Waals surface area contributed by atoms with Crippen molar-refractivity contribution in [3.63, 3.8) is 0 Å². The number of nitrogens with zero attached hydrogens (tertiary/aromatic N) is 2. The highest BCUT2D eigenvalue weighted by Gasteiger charge is 2.23. The van der Waals surface area contributed by atoms with Crippen LogP contribution in [0.1, 0.15) is 29.7 Å². The Morgan fingerprint density at radius 2 is 2.04 bits per heavy atom. The third kappa shape index (κ3) is 3.39. The monoisotopic (exact) mass is 328 g/mol. The summed E-state index contributed by atoms with van der Waals surface area (Å²) >= 11 is 0. The average Bonchev–Trinajstić information content (AvgIpc) is 2.61. The van der Waals surface area contributed by atoms with Gasteiger partial charge in [0.15, 0.2) is 6.79 Å². The second-order valence-electron chi connectivity index (χ2n) is 5.96. The predicted molar refractivity (Wildman–Crippen MR) is 89.7 cm³/mol. The van der Waals surface area contributed by atoms with Gasteiger partial charge in [0.25, 0.3) is 5.69 Å². The van der Waals surface area contributed by atoms with Crippen molar-refractivity contribution in [1.29, 1.82) is 0 Å². The molecule has 3 rings (SSSR count). The van der Waals surface area contributed by atoms with E-state index in [9.17, 15) is 10.1 Å². The lowest BCUT2D eigenvalue weighted by Gasteiger charge is -2.27. The molecule has 2 aromatic carbocycles. The van der Waals surface area contributed by atoms with Crippen LogP contribution in [0.5, 0.6) is 5.75 Å². The summed E-state index contributed by atoms with van der Waals surface area (Å²) in [5, 5.41) is 11.2. The zero-order valence-corrected chi connectivity index (χ0v) is 13.8. The van der Waals surface area contributed by atoms with E-state index in [0.717, 1.165) is 11.1 Å². The van der Waals surface area contributed by atoms with Gasteiger partial charge in [0.1, 0.15) is 5.75 Å². The Morgan fingerprint density at radius 3 is 2.75 bits per heavy atom. The van der Waals surface area contributed by atoms with E-state index in [4.69, 9.17) is 9.47 Å². The van der Waals surface area contributed by atoms with Crippen molar-refractivity contribution in [3.05, 3.63) is 69.3 Å². The number of benzene rings is 2. The molecule has 1 aliphatic rings. The van der Waals surface area contributed by atoms with Gasteiger partial charge in [0, 0.05) is 35.8 Å². The zero-order chi connectivity index (χ0) is 17.1. The molecule has 0 saturated heterocycles. The Balaban J connectivity index is 1.88. The number of rotatable bonds is 5. The van der Waals surface area contributed by atoms with Gasteiger partial charge in [-0.05, 0) is 19.5 Å². The number of fused-ring (bicyclic) bond motifs is 1. The predicted octanol–water partition coefficient (Wildman–Crippen LogP) is 3.65. The summed E-state index contributed by atoms with van der Waals surface area (Å²) in [6.45, 7) is 3.18. The highest BCUT2D eigenvalue weighted by atomic mass is 16.7. The van der Waals surface area contributed by atoms with E-state index in [1.165, 1.54) is 11.6 Å². The van der Waals surface area contributed by atoms with Crippen molar-refractivity contribution in [3.8, 4) is 5.75 Å². The quantitative estimate of drug-likeness (QED) is 0.619. The minimum Gasteiger partial charge on any atom is -0.467 e. The summed E-state index contributed by atoms with van der Waals surface area (Å²) < 4.78 is 10.9. The van der Waals surface area contributed by atoms with E-state index >= 15 is 0 Å². The lowest BCUT2D eigenvalue weighted by atomic mass is 10.0. The largest absolute Gasteiger partial charge is 0.467 e. The van der Waals surface area contributed by atoms with Gasteiger partial charge in [0.2, 0.25) is 0 Å². The molecule has 1 aliphatic heterocycles. The number of hydrogen-bond acceptors (Lipinski definition) is 5. The molecule has 0 aromatic heterocycles. The van der Waals surface area contributed by atoms with E-state index in [1.807, 2.05) is 25.2 Å². The van der Waals surface area contributed by atoms with Gasteiger partial charge in [-0.1, -0.05) is 30.3 Å². The lowest BCUT2D eigenvalue weighted by molar-refractivity contribution is -0.385. The molecule has 0 saturated carbocycles. The Kier molecular flexibility index (Phi) is 4.78. The fourth-order valence-corrected chi connectivity index (χ4v) is 2.90. The van der Waals surface area contributed by atoms with E-state index < -0.39 is 0 Å². The number of ether oxygens (including phenoxy) is 2. The molecule has 0 fully saturated rings. The molecule has 1 unspecified atom stereocenters. The fraction of sp³-hybridized carbons (Fsp3) is 0.333. The Labute approximate surface area is 140 Å². The summed E-state index contributed by atoms with van der Waals surface area (Å²) in [4.78, 5) is 13.0. The van der Waals surface area contributed by atoms with Gasteiger partial charge in [-0.25, -0.2) is 0 Å². The molecular formula is C18H20N2O4. The van der Waals surface area contributed by atoms with Gasteiger partial charge >= 0.3 is 0 Å². The molecule has 0 N–H and O–H groups in total. The van der Waals surface area contributed by atoms with Crippen molar-refractivity contribution < 1.29 is 14.4 Å². The molecule has 0 spiro atoms. The summed E-state index contributed by atoms with van der Waals surface area (Å²) in [6, 6.07) is 13.5. The molecule has 0 aliphatic carbocycles. The number of nitro groups is 1. The van der Waals surface area contributed by atoms with Gasteiger partial charge in [0.05, 0.1) is 11.5 Å². The van der Waals surface area contributed by atoms with Crippen LogP contribution < -0.4 is 4.74 Å². The smallest absolute Gasteiger partial charge is 0.270 e. The highest BCUT2D eigenvalue weighted by Crippen LogP contribution is 2.34. The first-order valence-corrected chi connectivity index (χ1v) is 7.82. The second-order valence-corrected chi connectivity index (χ2v) is 5.96. The topological polar surface area (TPSA) is 64.8 Å². The molecule has 0 bridgehead atoms. The molecule has 24 heavy (non-hydrogen) atoms. The van der Waals surface area contributed by atoms with E-state index in [0.29, 0.717) is 18.9 Å². The maximum atomic E-state index is 11.2. The SMILES string of the molecule is CC(c1ccccc1)N(C)Cc1cc([N+](=O)[O-])cc2c1OCOC2. The molecule has 0 radical (unpaired) electrons. The van der Waals surface area contributed by atoms with E-state index in [1.54, 1.807) is 6.07 Å². The van der Waals surface area contributed by atoms with Gasteiger partial charge in [-0.2, -0.15) is 0 Å². The van der Waals surface area contributed by atoms with Crippen LogP contribution in [0.2, 0.25) is 0 Å². The van der Waals surface area contributed by atoms with Crippen LogP contribution in [0.15, 0.2) is 42.5 Å². The van der Waals surface area contributed by atoms with Crippen LogP contribution in [0.4, 0.5) is 5.69 Å². The number of non-ortho nitro benzene ring substituents is 1. The summed E-state index contributed by atoms with van der Waals surface area (Å²) in [5.74, 6) is 0.707. The molecule has 126 valence electrons. The third-order valence-electron chi connectivity index (χ3n) is 4.35. The Hall–Kier alpha value is -2.44. The molecule has 0 amide bonds. The minimum absolute atomic E-state index is 0.0682. The van der Waals surface area contributed by atoms with Crippen molar-refractivity contribution >= 4 is 5.69 Å². The van der Waals surface area contributed by atoms with Gasteiger partial charge < -0.3 is 9.47 Å².